The van der Waals surface area contributed by atoms with Crippen LogP contribution in [0.2, 0.25) is 0 Å². The highest BCUT2D eigenvalue weighted by Gasteiger charge is 2.49. The van der Waals surface area contributed by atoms with Crippen molar-refractivity contribution in [3.63, 3.8) is 0 Å². The lowest BCUT2D eigenvalue weighted by atomic mass is 9.62. The number of ether oxygens (including phenoxy) is 2. The van der Waals surface area contributed by atoms with E-state index >= 15 is 0 Å². The molecule has 100 valence electrons. The van der Waals surface area contributed by atoms with Crippen molar-refractivity contribution < 1.29 is 9.47 Å². The molecule has 1 saturated carbocycles. The number of para-hydroxylation sites is 1. The SMILES string of the molecule is CCC1(C)C(N)CC1OCCOc1ccccc1. The first-order valence-electron chi connectivity index (χ1n) is 6.72. The molecule has 0 bridgehead atoms. The summed E-state index contributed by atoms with van der Waals surface area (Å²) in [6.45, 7) is 5.61. The monoisotopic (exact) mass is 249 g/mol. The summed E-state index contributed by atoms with van der Waals surface area (Å²) < 4.78 is 11.5. The minimum atomic E-state index is 0.146. The maximum absolute atomic E-state index is 6.04. The molecular formula is C15H23NO2. The van der Waals surface area contributed by atoms with E-state index in [1.54, 1.807) is 0 Å². The topological polar surface area (TPSA) is 44.5 Å². The maximum atomic E-state index is 6.04. The predicted molar refractivity (Wildman–Crippen MR) is 72.7 cm³/mol. The fraction of sp³-hybridized carbons (Fsp3) is 0.600. The molecule has 1 aliphatic rings. The Morgan fingerprint density at radius 2 is 2.00 bits per heavy atom. The smallest absolute Gasteiger partial charge is 0.119 e. The molecule has 1 aliphatic carbocycles. The summed E-state index contributed by atoms with van der Waals surface area (Å²) >= 11 is 0. The van der Waals surface area contributed by atoms with Gasteiger partial charge in [-0.1, -0.05) is 32.0 Å². The third-order valence-corrected chi connectivity index (χ3v) is 4.23. The van der Waals surface area contributed by atoms with Crippen molar-refractivity contribution in [2.45, 2.75) is 38.8 Å². The van der Waals surface area contributed by atoms with Gasteiger partial charge in [0.1, 0.15) is 12.4 Å². The molecule has 0 aromatic heterocycles. The second-order valence-corrected chi connectivity index (χ2v) is 5.22. The fourth-order valence-corrected chi connectivity index (χ4v) is 2.46. The molecule has 1 fully saturated rings. The minimum Gasteiger partial charge on any atom is -0.491 e. The summed E-state index contributed by atoms with van der Waals surface area (Å²) in [6, 6.07) is 10.1. The van der Waals surface area contributed by atoms with E-state index in [9.17, 15) is 0 Å². The van der Waals surface area contributed by atoms with E-state index in [0.717, 1.165) is 18.6 Å². The average Bonchev–Trinajstić information content (AvgIpc) is 2.42. The molecule has 0 spiro atoms. The molecule has 0 amide bonds. The lowest BCUT2D eigenvalue weighted by molar-refractivity contribution is -0.123. The van der Waals surface area contributed by atoms with Gasteiger partial charge in [-0.15, -0.1) is 0 Å². The highest BCUT2D eigenvalue weighted by atomic mass is 16.5. The Balaban J connectivity index is 1.68. The van der Waals surface area contributed by atoms with E-state index in [2.05, 4.69) is 13.8 Å². The molecule has 1 aromatic carbocycles. The lowest BCUT2D eigenvalue weighted by Gasteiger charge is -2.51. The number of benzene rings is 1. The molecular weight excluding hydrogens is 226 g/mol. The zero-order valence-corrected chi connectivity index (χ0v) is 11.3. The van der Waals surface area contributed by atoms with E-state index in [1.807, 2.05) is 30.3 Å². The van der Waals surface area contributed by atoms with Crippen LogP contribution in [0.25, 0.3) is 0 Å². The summed E-state index contributed by atoms with van der Waals surface area (Å²) in [5, 5.41) is 0. The second kappa shape index (κ2) is 5.72. The van der Waals surface area contributed by atoms with Gasteiger partial charge in [0.2, 0.25) is 0 Å². The van der Waals surface area contributed by atoms with E-state index < -0.39 is 0 Å². The van der Waals surface area contributed by atoms with E-state index in [4.69, 9.17) is 15.2 Å². The zero-order valence-electron chi connectivity index (χ0n) is 11.3. The van der Waals surface area contributed by atoms with Crippen LogP contribution in [0.5, 0.6) is 5.75 Å². The highest BCUT2D eigenvalue weighted by Crippen LogP contribution is 2.44. The van der Waals surface area contributed by atoms with Crippen LogP contribution in [-0.4, -0.2) is 25.4 Å². The summed E-state index contributed by atoms with van der Waals surface area (Å²) in [4.78, 5) is 0. The Hall–Kier alpha value is -1.06. The van der Waals surface area contributed by atoms with Gasteiger partial charge in [-0.05, 0) is 25.0 Å². The summed E-state index contributed by atoms with van der Waals surface area (Å²) in [5.41, 5.74) is 6.19. The van der Waals surface area contributed by atoms with Crippen LogP contribution in [0.15, 0.2) is 30.3 Å². The van der Waals surface area contributed by atoms with Gasteiger partial charge in [0.15, 0.2) is 0 Å². The molecule has 0 radical (unpaired) electrons. The van der Waals surface area contributed by atoms with Crippen LogP contribution in [0.4, 0.5) is 0 Å². The molecule has 3 unspecified atom stereocenters. The third kappa shape index (κ3) is 2.68. The van der Waals surface area contributed by atoms with Gasteiger partial charge < -0.3 is 15.2 Å². The third-order valence-electron chi connectivity index (χ3n) is 4.23. The number of rotatable bonds is 6. The summed E-state index contributed by atoms with van der Waals surface area (Å²) in [5.74, 6) is 0.893. The van der Waals surface area contributed by atoms with Gasteiger partial charge in [-0.2, -0.15) is 0 Å². The van der Waals surface area contributed by atoms with Crippen LogP contribution in [-0.2, 0) is 4.74 Å². The minimum absolute atomic E-state index is 0.146. The van der Waals surface area contributed by atoms with Crippen molar-refractivity contribution in [2.24, 2.45) is 11.1 Å². The van der Waals surface area contributed by atoms with Gasteiger partial charge in [0, 0.05) is 11.5 Å². The molecule has 2 rings (SSSR count). The fourth-order valence-electron chi connectivity index (χ4n) is 2.46. The Labute approximate surface area is 109 Å². The van der Waals surface area contributed by atoms with Gasteiger partial charge >= 0.3 is 0 Å². The molecule has 3 heteroatoms. The van der Waals surface area contributed by atoms with Crippen LogP contribution >= 0.6 is 0 Å². The maximum Gasteiger partial charge on any atom is 0.119 e. The first kappa shape index (κ1) is 13.4. The lowest BCUT2D eigenvalue weighted by Crippen LogP contribution is -2.60. The van der Waals surface area contributed by atoms with Gasteiger partial charge in [-0.25, -0.2) is 0 Å². The second-order valence-electron chi connectivity index (χ2n) is 5.22. The van der Waals surface area contributed by atoms with Crippen molar-refractivity contribution in [3.8, 4) is 5.75 Å². The quantitative estimate of drug-likeness (QED) is 0.788. The van der Waals surface area contributed by atoms with Crippen molar-refractivity contribution in [1.82, 2.24) is 0 Å². The molecule has 0 saturated heterocycles. The number of hydrogen-bond acceptors (Lipinski definition) is 3. The Morgan fingerprint density at radius 3 is 2.61 bits per heavy atom. The summed E-state index contributed by atoms with van der Waals surface area (Å²) in [7, 11) is 0. The van der Waals surface area contributed by atoms with E-state index in [1.165, 1.54) is 0 Å². The molecule has 3 atom stereocenters. The largest absolute Gasteiger partial charge is 0.491 e. The van der Waals surface area contributed by atoms with Crippen LogP contribution < -0.4 is 10.5 Å². The Bertz CT molecular complexity index is 368. The molecule has 3 nitrogen and oxygen atoms in total. The van der Waals surface area contributed by atoms with Crippen molar-refractivity contribution in [2.75, 3.05) is 13.2 Å². The van der Waals surface area contributed by atoms with Gasteiger partial charge in [0.25, 0.3) is 0 Å². The van der Waals surface area contributed by atoms with Crippen LogP contribution in [0.1, 0.15) is 26.7 Å². The normalized spacial score (nSPS) is 30.8. The van der Waals surface area contributed by atoms with Crippen molar-refractivity contribution in [1.29, 1.82) is 0 Å². The van der Waals surface area contributed by atoms with Gasteiger partial charge in [-0.3, -0.25) is 0 Å². The Kier molecular flexibility index (Phi) is 4.25. The van der Waals surface area contributed by atoms with Crippen molar-refractivity contribution in [3.05, 3.63) is 30.3 Å². The highest BCUT2D eigenvalue weighted by molar-refractivity contribution is 5.20. The molecule has 1 aromatic rings. The predicted octanol–water partition coefficient (Wildman–Crippen LogP) is 2.60. The molecule has 2 N–H and O–H groups in total. The van der Waals surface area contributed by atoms with Crippen molar-refractivity contribution >= 4 is 0 Å². The van der Waals surface area contributed by atoms with Gasteiger partial charge in [0.05, 0.1) is 12.7 Å². The number of hydrogen-bond donors (Lipinski definition) is 1. The summed E-state index contributed by atoms with van der Waals surface area (Å²) in [6.07, 6.45) is 2.32. The Morgan fingerprint density at radius 1 is 1.28 bits per heavy atom. The molecule has 0 aliphatic heterocycles. The van der Waals surface area contributed by atoms with E-state index in [-0.39, 0.29) is 17.6 Å². The molecule has 0 heterocycles. The first-order valence-corrected chi connectivity index (χ1v) is 6.72. The zero-order chi connectivity index (χ0) is 13.0. The van der Waals surface area contributed by atoms with Crippen LogP contribution in [0.3, 0.4) is 0 Å². The average molecular weight is 249 g/mol. The van der Waals surface area contributed by atoms with E-state index in [0.29, 0.717) is 13.2 Å². The number of nitrogens with two attached hydrogens (primary N) is 1. The van der Waals surface area contributed by atoms with Crippen LogP contribution in [0, 0.1) is 5.41 Å². The first-order chi connectivity index (χ1) is 8.66. The standard InChI is InChI=1S/C15H23NO2/c1-3-15(2)13(16)11-14(15)18-10-9-17-12-7-5-4-6-8-12/h4-8,13-14H,3,9-11,16H2,1-2H3. The molecule has 18 heavy (non-hydrogen) atoms.